The van der Waals surface area contributed by atoms with E-state index in [1.54, 1.807) is 0 Å². The number of fused-ring (bicyclic) bond motifs is 1. The summed E-state index contributed by atoms with van der Waals surface area (Å²) in [5.41, 5.74) is 0. The summed E-state index contributed by atoms with van der Waals surface area (Å²) in [6.07, 6.45) is 17.8. The average Bonchev–Trinajstić information content (AvgIpc) is 2.82. The first-order chi connectivity index (χ1) is 15.9. The van der Waals surface area contributed by atoms with Crippen LogP contribution in [0.2, 0.25) is 5.02 Å². The van der Waals surface area contributed by atoms with E-state index in [1.807, 2.05) is 0 Å². The van der Waals surface area contributed by atoms with Gasteiger partial charge in [0.1, 0.15) is 22.4 Å². The van der Waals surface area contributed by atoms with Crippen molar-refractivity contribution in [3.8, 4) is 5.75 Å². The summed E-state index contributed by atoms with van der Waals surface area (Å²) < 4.78 is 32.6. The van der Waals surface area contributed by atoms with Crippen LogP contribution in [0.25, 0.3) is 0 Å². The van der Waals surface area contributed by atoms with Crippen LogP contribution in [0.15, 0.2) is 12.1 Å². The molecule has 0 heterocycles. The number of carbonyl (C=O) groups is 1. The zero-order chi connectivity index (χ0) is 23.4. The van der Waals surface area contributed by atoms with Crippen LogP contribution in [0, 0.1) is 47.1 Å². The molecule has 4 atom stereocenters. The predicted molar refractivity (Wildman–Crippen MR) is 128 cm³/mol. The predicted octanol–water partition coefficient (Wildman–Crippen LogP) is 8.74. The minimum atomic E-state index is -0.909. The van der Waals surface area contributed by atoms with Gasteiger partial charge < -0.3 is 4.74 Å². The molecule has 4 rings (SSSR count). The Balaban J connectivity index is 1.22. The van der Waals surface area contributed by atoms with Crippen molar-refractivity contribution in [2.75, 3.05) is 0 Å². The van der Waals surface area contributed by atoms with Crippen molar-refractivity contribution in [2.24, 2.45) is 35.5 Å². The minimum absolute atomic E-state index is 0.106. The second-order valence-corrected chi connectivity index (χ2v) is 11.4. The van der Waals surface area contributed by atoms with Gasteiger partial charge in [-0.15, -0.1) is 0 Å². The van der Waals surface area contributed by atoms with Crippen LogP contribution in [0.3, 0.4) is 0 Å². The molecule has 0 amide bonds. The molecular formula is C28H39ClF2O2. The molecule has 1 aromatic carbocycles. The number of halogens is 3. The summed E-state index contributed by atoms with van der Waals surface area (Å²) in [6.45, 7) is 2.29. The van der Waals surface area contributed by atoms with E-state index < -0.39 is 16.7 Å². The third-order valence-corrected chi connectivity index (χ3v) is 9.29. The van der Waals surface area contributed by atoms with Gasteiger partial charge in [-0.25, -0.2) is 8.78 Å². The van der Waals surface area contributed by atoms with Gasteiger partial charge in [-0.3, -0.25) is 4.79 Å². The molecule has 0 N–H and O–H groups in total. The average molecular weight is 481 g/mol. The number of hydrogen-bond donors (Lipinski definition) is 0. The molecule has 3 fully saturated rings. The molecular weight excluding hydrogens is 442 g/mol. The van der Waals surface area contributed by atoms with Crippen molar-refractivity contribution < 1.29 is 18.3 Å². The highest BCUT2D eigenvalue weighted by Crippen LogP contribution is 2.49. The molecule has 3 aliphatic rings. The maximum Gasteiger partial charge on any atom is 0.314 e. The van der Waals surface area contributed by atoms with E-state index in [2.05, 4.69) is 6.92 Å². The van der Waals surface area contributed by atoms with Crippen LogP contribution in [0.1, 0.15) is 96.8 Å². The number of benzene rings is 1. The molecule has 0 bridgehead atoms. The fourth-order valence-corrected chi connectivity index (χ4v) is 7.12. The quantitative estimate of drug-likeness (QED) is 0.169. The standard InChI is InChI=1S/C28H39ClF2O2/c1-2-3-4-5-18-6-7-23-15-22(13-12-21(23)14-18)19-8-10-20(11-9-19)28(32)33-24-16-25(30)27(29)26(31)17-24/h16-23H,2-15H2,1H3. The molecule has 184 valence electrons. The number of hydrogen-bond acceptors (Lipinski definition) is 2. The lowest BCUT2D eigenvalue weighted by molar-refractivity contribution is -0.140. The van der Waals surface area contributed by atoms with Gasteiger partial charge in [0, 0.05) is 12.1 Å². The molecule has 0 aromatic heterocycles. The molecule has 0 radical (unpaired) electrons. The van der Waals surface area contributed by atoms with Gasteiger partial charge in [0.25, 0.3) is 0 Å². The van der Waals surface area contributed by atoms with Crippen molar-refractivity contribution in [1.29, 1.82) is 0 Å². The normalized spacial score (nSPS) is 32.2. The van der Waals surface area contributed by atoms with Gasteiger partial charge in [0.05, 0.1) is 5.92 Å². The molecule has 1 aromatic rings. The van der Waals surface area contributed by atoms with Crippen LogP contribution in [-0.4, -0.2) is 5.97 Å². The van der Waals surface area contributed by atoms with Gasteiger partial charge in [0.15, 0.2) is 0 Å². The SMILES string of the molecule is CCCCCC1CCC2CC(C3CCC(C(=O)Oc4cc(F)c(Cl)c(F)c4)CC3)CCC2C1. The van der Waals surface area contributed by atoms with E-state index in [0.29, 0.717) is 5.92 Å². The topological polar surface area (TPSA) is 26.3 Å². The zero-order valence-electron chi connectivity index (χ0n) is 20.0. The van der Waals surface area contributed by atoms with Gasteiger partial charge in [-0.1, -0.05) is 50.6 Å². The van der Waals surface area contributed by atoms with Gasteiger partial charge in [0.2, 0.25) is 0 Å². The fourth-order valence-electron chi connectivity index (χ4n) is 7.01. The Hall–Kier alpha value is -1.16. The van der Waals surface area contributed by atoms with E-state index >= 15 is 0 Å². The third-order valence-electron chi connectivity index (χ3n) is 8.93. The van der Waals surface area contributed by atoms with Crippen LogP contribution in [-0.2, 0) is 4.79 Å². The lowest BCUT2D eigenvalue weighted by Crippen LogP contribution is -2.35. The number of unbranched alkanes of at least 4 members (excludes halogenated alkanes) is 2. The third kappa shape index (κ3) is 6.29. The van der Waals surface area contributed by atoms with E-state index in [4.69, 9.17) is 16.3 Å². The molecule has 5 heteroatoms. The second-order valence-electron chi connectivity index (χ2n) is 11.0. The zero-order valence-corrected chi connectivity index (χ0v) is 20.7. The summed E-state index contributed by atoms with van der Waals surface area (Å²) in [4.78, 5) is 12.6. The Morgan fingerprint density at radius 2 is 1.45 bits per heavy atom. The first kappa shape index (κ1) is 24.9. The molecule has 0 aliphatic heterocycles. The van der Waals surface area contributed by atoms with E-state index in [0.717, 1.165) is 61.5 Å². The largest absolute Gasteiger partial charge is 0.426 e. The monoisotopic (exact) mass is 480 g/mol. The summed E-state index contributed by atoms with van der Waals surface area (Å²) in [6, 6.07) is 1.96. The number of ether oxygens (including phenoxy) is 1. The maximum absolute atomic E-state index is 13.6. The van der Waals surface area contributed by atoms with Crippen molar-refractivity contribution in [3.63, 3.8) is 0 Å². The Bertz CT molecular complexity index is 782. The highest BCUT2D eigenvalue weighted by atomic mass is 35.5. The molecule has 3 saturated carbocycles. The molecule has 4 unspecified atom stereocenters. The number of esters is 1. The van der Waals surface area contributed by atoms with Crippen molar-refractivity contribution in [2.45, 2.75) is 96.8 Å². The lowest BCUT2D eigenvalue weighted by atomic mass is 9.60. The summed E-state index contributed by atoms with van der Waals surface area (Å²) in [5, 5.41) is -0.574. The van der Waals surface area contributed by atoms with Crippen molar-refractivity contribution in [3.05, 3.63) is 28.8 Å². The van der Waals surface area contributed by atoms with Crippen LogP contribution in [0.5, 0.6) is 5.75 Å². The minimum Gasteiger partial charge on any atom is -0.426 e. The first-order valence-electron chi connectivity index (χ1n) is 13.3. The first-order valence-corrected chi connectivity index (χ1v) is 13.7. The Kier molecular flexibility index (Phi) is 8.70. The molecule has 2 nitrogen and oxygen atoms in total. The molecule has 3 aliphatic carbocycles. The van der Waals surface area contributed by atoms with Gasteiger partial charge >= 0.3 is 5.97 Å². The summed E-state index contributed by atoms with van der Waals surface area (Å²) in [7, 11) is 0. The highest BCUT2D eigenvalue weighted by Gasteiger charge is 2.39. The summed E-state index contributed by atoms with van der Waals surface area (Å²) in [5.74, 6) is 1.88. The number of rotatable bonds is 7. The maximum atomic E-state index is 13.6. The highest BCUT2D eigenvalue weighted by molar-refractivity contribution is 6.30. The Labute approximate surface area is 202 Å². The Morgan fingerprint density at radius 1 is 0.879 bits per heavy atom. The van der Waals surface area contributed by atoms with E-state index in [1.165, 1.54) is 64.2 Å². The van der Waals surface area contributed by atoms with Crippen molar-refractivity contribution >= 4 is 17.6 Å². The van der Waals surface area contributed by atoms with Crippen LogP contribution >= 0.6 is 11.6 Å². The Morgan fingerprint density at radius 3 is 2.12 bits per heavy atom. The van der Waals surface area contributed by atoms with Gasteiger partial charge in [-0.05, 0) is 87.4 Å². The van der Waals surface area contributed by atoms with Crippen LogP contribution < -0.4 is 4.74 Å². The fraction of sp³-hybridized carbons (Fsp3) is 0.750. The second kappa shape index (κ2) is 11.5. The molecule has 0 spiro atoms. The summed E-state index contributed by atoms with van der Waals surface area (Å²) >= 11 is 5.51. The van der Waals surface area contributed by atoms with Crippen molar-refractivity contribution in [1.82, 2.24) is 0 Å². The smallest absolute Gasteiger partial charge is 0.314 e. The lowest BCUT2D eigenvalue weighted by Gasteiger charge is -2.45. The van der Waals surface area contributed by atoms with Crippen LogP contribution in [0.4, 0.5) is 8.78 Å². The number of carbonyl (C=O) groups excluding carboxylic acids is 1. The van der Waals surface area contributed by atoms with E-state index in [9.17, 15) is 13.6 Å². The van der Waals surface area contributed by atoms with E-state index in [-0.39, 0.29) is 17.6 Å². The molecule has 33 heavy (non-hydrogen) atoms. The van der Waals surface area contributed by atoms with Gasteiger partial charge in [-0.2, -0.15) is 0 Å². The molecule has 0 saturated heterocycles.